The summed E-state index contributed by atoms with van der Waals surface area (Å²) >= 11 is 3.40. The molecule has 3 aromatic rings. The number of pyridine rings is 2. The Kier molecular flexibility index (Phi) is 5.35. The van der Waals surface area contributed by atoms with Crippen molar-refractivity contribution >= 4 is 43.5 Å². The maximum absolute atomic E-state index is 12.1. The van der Waals surface area contributed by atoms with E-state index in [1.807, 2.05) is 42.5 Å². The van der Waals surface area contributed by atoms with Crippen LogP contribution >= 0.6 is 15.9 Å². The molecule has 1 atom stereocenters. The number of nitrogens with one attached hydrogen (secondary N) is 1. The van der Waals surface area contributed by atoms with Gasteiger partial charge in [-0.25, -0.2) is 0 Å². The Morgan fingerprint density at radius 2 is 1.96 bits per heavy atom. The molecular formula is C17H16BrN3OS. The average Bonchev–Trinajstić information content (AvgIpc) is 2.55. The molecule has 23 heavy (non-hydrogen) atoms. The van der Waals surface area contributed by atoms with Gasteiger partial charge in [0.15, 0.2) is 0 Å². The van der Waals surface area contributed by atoms with E-state index in [0.29, 0.717) is 18.1 Å². The fourth-order valence-electron chi connectivity index (χ4n) is 2.28. The molecule has 0 aliphatic rings. The fourth-order valence-corrected chi connectivity index (χ4v) is 3.64. The van der Waals surface area contributed by atoms with Crippen LogP contribution in [0.4, 0.5) is 5.69 Å². The number of benzene rings is 1. The van der Waals surface area contributed by atoms with Crippen molar-refractivity contribution in [3.8, 4) is 0 Å². The molecule has 0 aliphatic heterocycles. The highest BCUT2D eigenvalue weighted by atomic mass is 79.9. The Bertz CT molecular complexity index is 826. The van der Waals surface area contributed by atoms with Crippen LogP contribution in [0.3, 0.4) is 0 Å². The van der Waals surface area contributed by atoms with Gasteiger partial charge in [0.05, 0.1) is 11.2 Å². The summed E-state index contributed by atoms with van der Waals surface area (Å²) in [6.07, 6.45) is 3.50. The van der Waals surface area contributed by atoms with E-state index in [-0.39, 0.29) is 0 Å². The van der Waals surface area contributed by atoms with Crippen molar-refractivity contribution in [3.05, 3.63) is 64.9 Å². The molecule has 0 saturated carbocycles. The van der Waals surface area contributed by atoms with Gasteiger partial charge in [-0.05, 0) is 33.6 Å². The number of fused-ring (bicyclic) bond motifs is 1. The molecule has 2 aromatic heterocycles. The van der Waals surface area contributed by atoms with E-state index in [9.17, 15) is 4.21 Å². The van der Waals surface area contributed by atoms with Crippen LogP contribution in [-0.2, 0) is 16.6 Å². The highest BCUT2D eigenvalue weighted by molar-refractivity contribution is 9.10. The zero-order chi connectivity index (χ0) is 16.1. The van der Waals surface area contributed by atoms with Gasteiger partial charge in [0.2, 0.25) is 0 Å². The van der Waals surface area contributed by atoms with E-state index < -0.39 is 10.8 Å². The quantitative estimate of drug-likeness (QED) is 0.697. The first kappa shape index (κ1) is 16.1. The van der Waals surface area contributed by atoms with Crippen LogP contribution in [0.2, 0.25) is 0 Å². The van der Waals surface area contributed by atoms with E-state index in [0.717, 1.165) is 26.8 Å². The number of nitrogens with zero attached hydrogens (tertiary/aromatic N) is 2. The molecule has 0 bridgehead atoms. The van der Waals surface area contributed by atoms with Gasteiger partial charge in [0, 0.05) is 45.7 Å². The van der Waals surface area contributed by atoms with Gasteiger partial charge < -0.3 is 5.32 Å². The number of rotatable bonds is 6. The topological polar surface area (TPSA) is 54.9 Å². The zero-order valence-electron chi connectivity index (χ0n) is 12.4. The standard InChI is InChI=1S/C17H16BrN3OS/c18-14-10-16-17(21-11-14)15(6-7-19-16)20-8-9-23(22)12-13-4-2-1-3-5-13/h1-7,10-11H,8-9,12H2,(H,19,20). The van der Waals surface area contributed by atoms with Crippen molar-refractivity contribution < 1.29 is 4.21 Å². The predicted octanol–water partition coefficient (Wildman–Crippen LogP) is 3.75. The van der Waals surface area contributed by atoms with Crippen LogP contribution in [0.5, 0.6) is 0 Å². The van der Waals surface area contributed by atoms with Crippen molar-refractivity contribution in [1.82, 2.24) is 9.97 Å². The lowest BCUT2D eigenvalue weighted by Crippen LogP contribution is -2.12. The second-order valence-electron chi connectivity index (χ2n) is 5.08. The smallest absolute Gasteiger partial charge is 0.112 e. The Labute approximate surface area is 145 Å². The molecule has 0 fully saturated rings. The second kappa shape index (κ2) is 7.66. The molecular weight excluding hydrogens is 374 g/mol. The molecule has 2 heterocycles. The van der Waals surface area contributed by atoms with Gasteiger partial charge >= 0.3 is 0 Å². The summed E-state index contributed by atoms with van der Waals surface area (Å²) < 4.78 is 13.0. The minimum absolute atomic E-state index is 0.588. The van der Waals surface area contributed by atoms with Gasteiger partial charge in [0.25, 0.3) is 0 Å². The third-order valence-corrected chi connectivity index (χ3v) is 5.11. The van der Waals surface area contributed by atoms with Gasteiger partial charge in [0.1, 0.15) is 5.52 Å². The second-order valence-corrected chi connectivity index (χ2v) is 7.57. The minimum Gasteiger partial charge on any atom is -0.382 e. The summed E-state index contributed by atoms with van der Waals surface area (Å²) in [6, 6.07) is 13.7. The molecule has 1 unspecified atom stereocenters. The molecule has 1 aromatic carbocycles. The first-order chi connectivity index (χ1) is 11.2. The van der Waals surface area contributed by atoms with E-state index in [1.165, 1.54) is 0 Å². The maximum atomic E-state index is 12.1. The van der Waals surface area contributed by atoms with E-state index >= 15 is 0 Å². The van der Waals surface area contributed by atoms with Gasteiger partial charge in [-0.1, -0.05) is 30.3 Å². The highest BCUT2D eigenvalue weighted by Gasteiger charge is 2.05. The lowest BCUT2D eigenvalue weighted by atomic mass is 10.2. The normalized spacial score (nSPS) is 12.2. The lowest BCUT2D eigenvalue weighted by Gasteiger charge is -2.09. The summed E-state index contributed by atoms with van der Waals surface area (Å²) in [5, 5.41) is 3.31. The van der Waals surface area contributed by atoms with Gasteiger partial charge in [-0.3, -0.25) is 14.2 Å². The van der Waals surface area contributed by atoms with Crippen LogP contribution in [0, 0.1) is 0 Å². The molecule has 4 nitrogen and oxygen atoms in total. The van der Waals surface area contributed by atoms with Gasteiger partial charge in [-0.2, -0.15) is 0 Å². The summed E-state index contributed by atoms with van der Waals surface area (Å²) in [7, 11) is -0.888. The number of halogens is 1. The van der Waals surface area contributed by atoms with Gasteiger partial charge in [-0.15, -0.1) is 0 Å². The highest BCUT2D eigenvalue weighted by Crippen LogP contribution is 2.21. The molecule has 0 saturated heterocycles. The van der Waals surface area contributed by atoms with Crippen LogP contribution in [0.15, 0.2) is 59.3 Å². The monoisotopic (exact) mass is 389 g/mol. The number of anilines is 1. The summed E-state index contributed by atoms with van der Waals surface area (Å²) in [4.78, 5) is 8.71. The molecule has 3 rings (SSSR count). The Balaban J connectivity index is 1.59. The third kappa shape index (κ3) is 4.36. The first-order valence-electron chi connectivity index (χ1n) is 7.25. The van der Waals surface area contributed by atoms with Crippen LogP contribution in [-0.4, -0.2) is 26.5 Å². The van der Waals surface area contributed by atoms with Crippen molar-refractivity contribution in [2.24, 2.45) is 0 Å². The number of aromatic nitrogens is 2. The Hall–Kier alpha value is -1.79. The van der Waals surface area contributed by atoms with E-state index in [4.69, 9.17) is 0 Å². The summed E-state index contributed by atoms with van der Waals surface area (Å²) in [5.41, 5.74) is 3.67. The van der Waals surface area contributed by atoms with Crippen LogP contribution in [0.1, 0.15) is 5.56 Å². The Morgan fingerprint density at radius 1 is 1.13 bits per heavy atom. The van der Waals surface area contributed by atoms with Crippen molar-refractivity contribution in [2.45, 2.75) is 5.75 Å². The molecule has 1 N–H and O–H groups in total. The molecule has 0 amide bonds. The molecule has 6 heteroatoms. The van der Waals surface area contributed by atoms with Crippen LogP contribution < -0.4 is 5.32 Å². The number of hydrogen-bond donors (Lipinski definition) is 1. The van der Waals surface area contributed by atoms with E-state index in [1.54, 1.807) is 12.4 Å². The zero-order valence-corrected chi connectivity index (χ0v) is 14.8. The lowest BCUT2D eigenvalue weighted by molar-refractivity contribution is 0.682. The van der Waals surface area contributed by atoms with E-state index in [2.05, 4.69) is 31.2 Å². The molecule has 0 aliphatic carbocycles. The van der Waals surface area contributed by atoms with Crippen molar-refractivity contribution in [1.29, 1.82) is 0 Å². The van der Waals surface area contributed by atoms with Crippen molar-refractivity contribution in [2.75, 3.05) is 17.6 Å². The molecule has 118 valence electrons. The predicted molar refractivity (Wildman–Crippen MR) is 98.9 cm³/mol. The number of hydrogen-bond acceptors (Lipinski definition) is 4. The average molecular weight is 390 g/mol. The summed E-state index contributed by atoms with van der Waals surface area (Å²) in [6.45, 7) is 0.635. The van der Waals surface area contributed by atoms with Crippen LogP contribution in [0.25, 0.3) is 11.0 Å². The summed E-state index contributed by atoms with van der Waals surface area (Å²) in [5.74, 6) is 1.18. The molecule has 0 radical (unpaired) electrons. The Morgan fingerprint density at radius 3 is 2.78 bits per heavy atom. The fraction of sp³-hybridized carbons (Fsp3) is 0.176. The first-order valence-corrected chi connectivity index (χ1v) is 9.53. The third-order valence-electron chi connectivity index (χ3n) is 3.36. The van der Waals surface area contributed by atoms with Crippen molar-refractivity contribution in [3.63, 3.8) is 0 Å². The molecule has 0 spiro atoms. The largest absolute Gasteiger partial charge is 0.382 e. The SMILES string of the molecule is O=S(CCNc1ccnc2cc(Br)cnc12)Cc1ccccc1. The maximum Gasteiger partial charge on any atom is 0.112 e. The minimum atomic E-state index is -0.888.